The van der Waals surface area contributed by atoms with Crippen LogP contribution < -0.4 is 0 Å². The normalized spacial score (nSPS) is 45.5. The van der Waals surface area contributed by atoms with Crippen LogP contribution in [0, 0.1) is 28.6 Å². The van der Waals surface area contributed by atoms with Gasteiger partial charge in [-0.1, -0.05) is 27.7 Å². The number of hydrogen-bond donors (Lipinski definition) is 2. The third kappa shape index (κ3) is 3.49. The van der Waals surface area contributed by atoms with Crippen LogP contribution in [0.25, 0.3) is 0 Å². The Balaban J connectivity index is 2.18. The minimum Gasteiger partial charge on any atom is -0.469 e. The first-order valence-electron chi connectivity index (χ1n) is 9.96. The Morgan fingerprint density at radius 2 is 1.88 bits per heavy atom. The van der Waals surface area contributed by atoms with Crippen molar-refractivity contribution >= 4 is 5.97 Å². The van der Waals surface area contributed by atoms with Crippen molar-refractivity contribution in [1.29, 1.82) is 0 Å². The number of aliphatic hydroxyl groups is 2. The van der Waals surface area contributed by atoms with Gasteiger partial charge in [0.1, 0.15) is 0 Å². The minimum atomic E-state index is -1.03. The summed E-state index contributed by atoms with van der Waals surface area (Å²) in [6.07, 6.45) is 5.58. The minimum absolute atomic E-state index is 0.126. The number of hydrogen-bond acceptors (Lipinski definition) is 4. The van der Waals surface area contributed by atoms with E-state index in [4.69, 9.17) is 4.74 Å². The molecule has 2 aliphatic rings. The number of carbonyl (C=O) groups is 1. The molecule has 0 amide bonds. The van der Waals surface area contributed by atoms with Crippen LogP contribution in [0.15, 0.2) is 0 Å². The molecule has 0 aliphatic heterocycles. The Morgan fingerprint density at radius 3 is 2.48 bits per heavy atom. The van der Waals surface area contributed by atoms with E-state index in [-0.39, 0.29) is 16.8 Å². The largest absolute Gasteiger partial charge is 0.469 e. The van der Waals surface area contributed by atoms with Gasteiger partial charge in [-0.25, -0.2) is 0 Å². The number of fused-ring (bicyclic) bond motifs is 1. The summed E-state index contributed by atoms with van der Waals surface area (Å²) >= 11 is 0. The van der Waals surface area contributed by atoms with Crippen molar-refractivity contribution in [3.05, 3.63) is 0 Å². The third-order valence-corrected chi connectivity index (χ3v) is 8.24. The highest BCUT2D eigenvalue weighted by Crippen LogP contribution is 2.64. The van der Waals surface area contributed by atoms with Crippen molar-refractivity contribution in [2.24, 2.45) is 28.6 Å². The van der Waals surface area contributed by atoms with Crippen molar-refractivity contribution in [2.45, 2.75) is 91.3 Å². The van der Waals surface area contributed by atoms with Crippen LogP contribution in [0.5, 0.6) is 0 Å². The van der Waals surface area contributed by atoms with Gasteiger partial charge in [-0.05, 0) is 68.6 Å². The molecule has 0 saturated heterocycles. The van der Waals surface area contributed by atoms with Crippen LogP contribution in [0.4, 0.5) is 0 Å². The molecule has 146 valence electrons. The van der Waals surface area contributed by atoms with Crippen molar-refractivity contribution in [1.82, 2.24) is 0 Å². The molecular formula is C21H38O4. The number of aliphatic hydroxyl groups excluding tert-OH is 1. The standard InChI is InChI=1S/C21H38O4/c1-14(13-18(23)25-6)9-11-19(3)15(2)10-12-20(4)16(19)7-8-17(22)21(20,5)24/h14-17,22,24H,7-13H2,1-6H3. The maximum atomic E-state index is 11.5. The summed E-state index contributed by atoms with van der Waals surface area (Å²) in [5.41, 5.74) is -1.16. The number of rotatable bonds is 5. The molecule has 2 saturated carbocycles. The third-order valence-electron chi connectivity index (χ3n) is 8.24. The molecule has 7 atom stereocenters. The lowest BCUT2D eigenvalue weighted by atomic mass is 9.43. The molecule has 4 nitrogen and oxygen atoms in total. The van der Waals surface area contributed by atoms with E-state index in [1.807, 2.05) is 6.92 Å². The number of carbonyl (C=O) groups excluding carboxylic acids is 1. The molecule has 0 radical (unpaired) electrons. The van der Waals surface area contributed by atoms with Crippen molar-refractivity contribution in [3.63, 3.8) is 0 Å². The summed E-state index contributed by atoms with van der Waals surface area (Å²) in [6.45, 7) is 10.8. The Bertz CT molecular complexity index is 488. The second kappa shape index (κ2) is 7.19. The maximum absolute atomic E-state index is 11.5. The van der Waals surface area contributed by atoms with Crippen LogP contribution in [0.3, 0.4) is 0 Å². The molecular weight excluding hydrogens is 316 g/mol. The molecule has 0 heterocycles. The maximum Gasteiger partial charge on any atom is 0.305 e. The van der Waals surface area contributed by atoms with Crippen LogP contribution in [0.1, 0.15) is 79.6 Å². The summed E-state index contributed by atoms with van der Waals surface area (Å²) < 4.78 is 4.80. The molecule has 0 aromatic carbocycles. The zero-order valence-corrected chi connectivity index (χ0v) is 17.0. The van der Waals surface area contributed by atoms with Gasteiger partial charge in [0.25, 0.3) is 0 Å². The topological polar surface area (TPSA) is 66.8 Å². The van der Waals surface area contributed by atoms with Crippen LogP contribution in [-0.4, -0.2) is 35.0 Å². The highest BCUT2D eigenvalue weighted by molar-refractivity contribution is 5.69. The van der Waals surface area contributed by atoms with Gasteiger partial charge >= 0.3 is 5.97 Å². The van der Waals surface area contributed by atoms with Crippen molar-refractivity contribution < 1.29 is 19.7 Å². The summed E-state index contributed by atoms with van der Waals surface area (Å²) in [7, 11) is 1.44. The molecule has 2 fully saturated rings. The molecule has 0 bridgehead atoms. The Morgan fingerprint density at radius 1 is 1.24 bits per heavy atom. The molecule has 25 heavy (non-hydrogen) atoms. The van der Waals surface area contributed by atoms with E-state index in [2.05, 4.69) is 27.7 Å². The van der Waals surface area contributed by atoms with E-state index in [0.717, 1.165) is 32.1 Å². The first-order valence-corrected chi connectivity index (χ1v) is 9.96. The Hall–Kier alpha value is -0.610. The molecule has 4 heteroatoms. The van der Waals surface area contributed by atoms with Gasteiger partial charge in [0.2, 0.25) is 0 Å². The van der Waals surface area contributed by atoms with Gasteiger partial charge in [-0.15, -0.1) is 0 Å². The second-order valence-electron chi connectivity index (χ2n) is 9.58. The van der Waals surface area contributed by atoms with Crippen LogP contribution in [0.2, 0.25) is 0 Å². The quantitative estimate of drug-likeness (QED) is 0.734. The first kappa shape index (κ1) is 20.7. The van der Waals surface area contributed by atoms with Gasteiger partial charge < -0.3 is 14.9 Å². The number of esters is 1. The Labute approximate surface area is 153 Å². The van der Waals surface area contributed by atoms with E-state index >= 15 is 0 Å². The fourth-order valence-electron chi connectivity index (χ4n) is 5.78. The first-order chi connectivity index (χ1) is 11.5. The monoisotopic (exact) mass is 354 g/mol. The van der Waals surface area contributed by atoms with Gasteiger partial charge in [0.05, 0.1) is 18.8 Å². The zero-order valence-electron chi connectivity index (χ0n) is 17.0. The fraction of sp³-hybridized carbons (Fsp3) is 0.952. The summed E-state index contributed by atoms with van der Waals surface area (Å²) in [5, 5.41) is 21.6. The van der Waals surface area contributed by atoms with Gasteiger partial charge in [-0.3, -0.25) is 4.79 Å². The zero-order chi connectivity index (χ0) is 19.0. The lowest BCUT2D eigenvalue weighted by Crippen LogP contribution is -2.65. The number of ether oxygens (including phenoxy) is 1. The van der Waals surface area contributed by atoms with E-state index in [0.29, 0.717) is 30.6 Å². The van der Waals surface area contributed by atoms with E-state index in [1.165, 1.54) is 7.11 Å². The summed E-state index contributed by atoms with van der Waals surface area (Å²) in [5.74, 6) is 1.15. The summed E-state index contributed by atoms with van der Waals surface area (Å²) in [6, 6.07) is 0. The molecule has 0 aromatic rings. The van der Waals surface area contributed by atoms with Gasteiger partial charge in [-0.2, -0.15) is 0 Å². The lowest BCUT2D eigenvalue weighted by molar-refractivity contribution is -0.235. The highest BCUT2D eigenvalue weighted by Gasteiger charge is 2.62. The lowest BCUT2D eigenvalue weighted by Gasteiger charge is -2.64. The molecule has 0 spiro atoms. The predicted octanol–water partition coefficient (Wildman–Crippen LogP) is 3.93. The number of methoxy groups -OCH3 is 1. The van der Waals surface area contributed by atoms with Crippen LogP contribution in [-0.2, 0) is 9.53 Å². The van der Waals surface area contributed by atoms with Crippen molar-refractivity contribution in [3.8, 4) is 0 Å². The van der Waals surface area contributed by atoms with Gasteiger partial charge in [0.15, 0.2) is 0 Å². The highest BCUT2D eigenvalue weighted by atomic mass is 16.5. The smallest absolute Gasteiger partial charge is 0.305 e. The molecule has 2 aliphatic carbocycles. The average Bonchev–Trinajstić information content (AvgIpc) is 2.55. The van der Waals surface area contributed by atoms with E-state index in [1.54, 1.807) is 0 Å². The second-order valence-corrected chi connectivity index (χ2v) is 9.58. The average molecular weight is 355 g/mol. The van der Waals surface area contributed by atoms with E-state index in [9.17, 15) is 15.0 Å². The molecule has 0 aromatic heterocycles. The van der Waals surface area contributed by atoms with E-state index < -0.39 is 11.7 Å². The summed E-state index contributed by atoms with van der Waals surface area (Å²) in [4.78, 5) is 11.5. The SMILES string of the molecule is COC(=O)CC(C)CCC1(C)C(C)CCC2(C)C1CCC(O)C2(C)O. The van der Waals surface area contributed by atoms with Gasteiger partial charge in [0, 0.05) is 11.8 Å². The molecule has 7 unspecified atom stereocenters. The molecule has 2 rings (SSSR count). The predicted molar refractivity (Wildman–Crippen MR) is 99.0 cm³/mol. The van der Waals surface area contributed by atoms with Crippen molar-refractivity contribution in [2.75, 3.05) is 7.11 Å². The molecule has 2 N–H and O–H groups in total. The fourth-order valence-corrected chi connectivity index (χ4v) is 5.78. The Kier molecular flexibility index (Phi) is 5.95. The van der Waals surface area contributed by atoms with Crippen LogP contribution >= 0.6 is 0 Å².